The van der Waals surface area contributed by atoms with E-state index >= 15 is 0 Å². The molecule has 134 valence electrons. The van der Waals surface area contributed by atoms with Crippen LogP contribution in [-0.4, -0.2) is 13.1 Å². The minimum absolute atomic E-state index is 1.19. The lowest BCUT2D eigenvalue weighted by Crippen LogP contribution is -2.52. The monoisotopic (exact) mass is 369 g/mol. The zero-order valence-electron chi connectivity index (χ0n) is 16.4. The Kier molecular flexibility index (Phi) is 4.40. The average Bonchev–Trinajstić information content (AvgIpc) is 2.69. The fraction of sp³-hybridized carbons (Fsp3) is 0.167. The number of pyridine rings is 2. The second-order valence-electron chi connectivity index (χ2n) is 7.76. The van der Waals surface area contributed by atoms with Crippen molar-refractivity contribution in [2.45, 2.75) is 20.0 Å². The fourth-order valence-corrected chi connectivity index (χ4v) is 6.21. The first-order valence-corrected chi connectivity index (χ1v) is 12.4. The third-order valence-electron chi connectivity index (χ3n) is 5.65. The number of hydrogen-bond donors (Lipinski definition) is 0. The van der Waals surface area contributed by atoms with E-state index in [0.29, 0.717) is 0 Å². The molecule has 0 aliphatic rings. The number of benzene rings is 2. The maximum atomic E-state index is 4.36. The van der Waals surface area contributed by atoms with Crippen molar-refractivity contribution in [3.8, 4) is 11.3 Å². The number of rotatable bonds is 3. The molecule has 3 heteroatoms. The molecule has 0 N–H and O–H groups in total. The van der Waals surface area contributed by atoms with Gasteiger partial charge in [-0.3, -0.25) is 4.98 Å². The zero-order valence-corrected chi connectivity index (χ0v) is 17.4. The summed E-state index contributed by atoms with van der Waals surface area (Å²) in [6.07, 6.45) is 5.99. The van der Waals surface area contributed by atoms with Crippen LogP contribution in [0.15, 0.2) is 79.3 Å². The van der Waals surface area contributed by atoms with Gasteiger partial charge in [0.25, 0.3) is 0 Å². The van der Waals surface area contributed by atoms with Crippen LogP contribution in [0.3, 0.4) is 0 Å². The molecule has 27 heavy (non-hydrogen) atoms. The van der Waals surface area contributed by atoms with Crippen molar-refractivity contribution in [1.82, 2.24) is 4.98 Å². The standard InChI is InChI=1S/C24H25N2Si/c1-18-12-14-25-17-23(18)24-22-11-10-21(16-19(22)13-15-26(24)2)27(3,4)20-8-6-5-7-9-20/h5-17H,1-4H3/q+1. The maximum absolute atomic E-state index is 4.36. The van der Waals surface area contributed by atoms with Crippen molar-refractivity contribution in [1.29, 1.82) is 0 Å². The van der Waals surface area contributed by atoms with E-state index < -0.39 is 8.07 Å². The molecule has 2 aromatic carbocycles. The van der Waals surface area contributed by atoms with E-state index in [-0.39, 0.29) is 0 Å². The third-order valence-corrected chi connectivity index (χ3v) is 9.18. The first kappa shape index (κ1) is 17.6. The molecule has 4 rings (SSSR count). The lowest BCUT2D eigenvalue weighted by Gasteiger charge is -2.24. The van der Waals surface area contributed by atoms with E-state index in [1.165, 1.54) is 38.0 Å². The lowest BCUT2D eigenvalue weighted by molar-refractivity contribution is -0.659. The number of aryl methyl sites for hydroxylation is 2. The number of aromatic nitrogens is 2. The Morgan fingerprint density at radius 2 is 1.67 bits per heavy atom. The van der Waals surface area contributed by atoms with Gasteiger partial charge in [0.2, 0.25) is 5.69 Å². The minimum atomic E-state index is -1.71. The summed E-state index contributed by atoms with van der Waals surface area (Å²) in [4.78, 5) is 4.36. The predicted octanol–water partition coefficient (Wildman–Crippen LogP) is 3.86. The highest BCUT2D eigenvalue weighted by atomic mass is 28.3. The number of fused-ring (bicyclic) bond motifs is 1. The summed E-state index contributed by atoms with van der Waals surface area (Å²) in [5.41, 5.74) is 3.66. The Balaban J connectivity index is 1.91. The molecule has 0 amide bonds. The van der Waals surface area contributed by atoms with Crippen molar-refractivity contribution in [2.24, 2.45) is 7.05 Å². The van der Waals surface area contributed by atoms with Gasteiger partial charge >= 0.3 is 0 Å². The van der Waals surface area contributed by atoms with E-state index in [4.69, 9.17) is 0 Å². The van der Waals surface area contributed by atoms with E-state index in [1.54, 1.807) is 0 Å². The highest BCUT2D eigenvalue weighted by molar-refractivity contribution is 7.00. The number of hydrogen-bond acceptors (Lipinski definition) is 1. The molecule has 2 heterocycles. The van der Waals surface area contributed by atoms with E-state index in [0.717, 1.165) is 0 Å². The van der Waals surface area contributed by atoms with Gasteiger partial charge in [-0.1, -0.05) is 65.9 Å². The molecule has 0 saturated carbocycles. The molecule has 4 aromatic rings. The molecule has 2 nitrogen and oxygen atoms in total. The van der Waals surface area contributed by atoms with Crippen LogP contribution >= 0.6 is 0 Å². The summed E-state index contributed by atoms with van der Waals surface area (Å²) in [6.45, 7) is 7.01. The highest BCUT2D eigenvalue weighted by Crippen LogP contribution is 2.27. The molecule has 0 unspecified atom stereocenters. The van der Waals surface area contributed by atoms with E-state index in [1.807, 2.05) is 12.4 Å². The fourth-order valence-electron chi connectivity index (χ4n) is 3.83. The molecule has 0 aliphatic heterocycles. The topological polar surface area (TPSA) is 16.8 Å². The zero-order chi connectivity index (χ0) is 19.0. The van der Waals surface area contributed by atoms with Gasteiger partial charge in [0.15, 0.2) is 6.20 Å². The van der Waals surface area contributed by atoms with Crippen molar-refractivity contribution < 1.29 is 4.57 Å². The molecular weight excluding hydrogens is 344 g/mol. The summed E-state index contributed by atoms with van der Waals surface area (Å²) in [5.74, 6) is 0. The van der Waals surface area contributed by atoms with Crippen LogP contribution in [0, 0.1) is 6.92 Å². The summed E-state index contributed by atoms with van der Waals surface area (Å²) >= 11 is 0. The van der Waals surface area contributed by atoms with Crippen molar-refractivity contribution in [3.05, 3.63) is 84.8 Å². The molecular formula is C24H25N2Si+. The molecule has 0 aliphatic carbocycles. The molecule has 2 aromatic heterocycles. The molecule has 0 saturated heterocycles. The average molecular weight is 370 g/mol. The number of nitrogens with zero attached hydrogens (tertiary/aromatic N) is 2. The first-order chi connectivity index (χ1) is 13.0. The minimum Gasteiger partial charge on any atom is -0.264 e. The molecule has 0 atom stereocenters. The van der Waals surface area contributed by atoms with Gasteiger partial charge in [-0.05, 0) is 30.0 Å². The molecule has 0 fully saturated rings. The van der Waals surface area contributed by atoms with Crippen molar-refractivity contribution in [2.75, 3.05) is 0 Å². The van der Waals surface area contributed by atoms with Gasteiger partial charge in [0.05, 0.1) is 10.9 Å². The van der Waals surface area contributed by atoms with Crippen molar-refractivity contribution in [3.63, 3.8) is 0 Å². The van der Waals surface area contributed by atoms with Crippen molar-refractivity contribution >= 4 is 29.2 Å². The summed E-state index contributed by atoms with van der Waals surface area (Å²) in [5, 5.41) is 5.50. The Morgan fingerprint density at radius 3 is 2.41 bits per heavy atom. The largest absolute Gasteiger partial charge is 0.264 e. The predicted molar refractivity (Wildman–Crippen MR) is 116 cm³/mol. The van der Waals surface area contributed by atoms with Gasteiger partial charge in [-0.2, -0.15) is 0 Å². The smallest absolute Gasteiger partial charge is 0.221 e. The second kappa shape index (κ2) is 6.75. The van der Waals surface area contributed by atoms with Crippen LogP contribution in [0.25, 0.3) is 22.0 Å². The van der Waals surface area contributed by atoms with Gasteiger partial charge < -0.3 is 0 Å². The lowest BCUT2D eigenvalue weighted by atomic mass is 10.0. The Labute approximate surface area is 162 Å². The SMILES string of the molecule is Cc1ccncc1-c1c2ccc([Si](C)(C)c3ccccc3)cc2cc[n+]1C. The van der Waals surface area contributed by atoms with Crippen LogP contribution < -0.4 is 14.9 Å². The van der Waals surface area contributed by atoms with Crippen LogP contribution in [-0.2, 0) is 7.05 Å². The van der Waals surface area contributed by atoms with Gasteiger partial charge in [-0.25, -0.2) is 4.57 Å². The van der Waals surface area contributed by atoms with E-state index in [9.17, 15) is 0 Å². The Hall–Kier alpha value is -2.78. The van der Waals surface area contributed by atoms with Gasteiger partial charge in [-0.15, -0.1) is 0 Å². The first-order valence-electron chi connectivity index (χ1n) is 9.38. The summed E-state index contributed by atoms with van der Waals surface area (Å²) in [7, 11) is 0.396. The van der Waals surface area contributed by atoms with Gasteiger partial charge in [0.1, 0.15) is 15.1 Å². The van der Waals surface area contributed by atoms with Crippen LogP contribution in [0.5, 0.6) is 0 Å². The second-order valence-corrected chi connectivity index (χ2v) is 12.2. The Morgan fingerprint density at radius 1 is 0.889 bits per heavy atom. The Bertz CT molecular complexity index is 1120. The molecule has 0 bridgehead atoms. The van der Waals surface area contributed by atoms with E-state index in [2.05, 4.69) is 103 Å². The summed E-state index contributed by atoms with van der Waals surface area (Å²) in [6, 6.07) is 22.2. The van der Waals surface area contributed by atoms with Gasteiger partial charge in [0, 0.05) is 18.5 Å². The quantitative estimate of drug-likeness (QED) is 0.396. The summed E-state index contributed by atoms with van der Waals surface area (Å²) < 4.78 is 2.20. The molecule has 0 spiro atoms. The molecule has 0 radical (unpaired) electrons. The normalized spacial score (nSPS) is 11.7. The highest BCUT2D eigenvalue weighted by Gasteiger charge is 2.27. The van der Waals surface area contributed by atoms with Crippen LogP contribution in [0.2, 0.25) is 13.1 Å². The van der Waals surface area contributed by atoms with Crippen LogP contribution in [0.1, 0.15) is 5.56 Å². The van der Waals surface area contributed by atoms with Crippen LogP contribution in [0.4, 0.5) is 0 Å². The maximum Gasteiger partial charge on any atom is 0.221 e. The third kappa shape index (κ3) is 3.08.